The van der Waals surface area contributed by atoms with Gasteiger partial charge in [0.2, 0.25) is 0 Å². The SMILES string of the molecule is Cc1cnc(Cl)c(NC(C)c2oc3ccccc3c2C)c1. The lowest BCUT2D eigenvalue weighted by atomic mass is 10.1. The first-order chi connectivity index (χ1) is 10.1. The second kappa shape index (κ2) is 5.41. The first-order valence-corrected chi connectivity index (χ1v) is 7.31. The Morgan fingerprint density at radius 1 is 1.24 bits per heavy atom. The van der Waals surface area contributed by atoms with Crippen LogP contribution in [-0.4, -0.2) is 4.98 Å². The first kappa shape index (κ1) is 14.0. The molecule has 0 bridgehead atoms. The van der Waals surface area contributed by atoms with Gasteiger partial charge < -0.3 is 9.73 Å². The molecule has 3 aromatic rings. The summed E-state index contributed by atoms with van der Waals surface area (Å²) in [6.07, 6.45) is 1.75. The van der Waals surface area contributed by atoms with E-state index >= 15 is 0 Å². The predicted octanol–water partition coefficient (Wildman–Crippen LogP) is 5.27. The van der Waals surface area contributed by atoms with Gasteiger partial charge in [0.1, 0.15) is 11.3 Å². The van der Waals surface area contributed by atoms with Gasteiger partial charge in [-0.05, 0) is 38.5 Å². The summed E-state index contributed by atoms with van der Waals surface area (Å²) in [6.45, 7) is 6.13. The molecule has 1 N–H and O–H groups in total. The van der Waals surface area contributed by atoms with Gasteiger partial charge in [-0.2, -0.15) is 0 Å². The summed E-state index contributed by atoms with van der Waals surface area (Å²) in [5, 5.41) is 5.00. The van der Waals surface area contributed by atoms with Crippen molar-refractivity contribution in [2.45, 2.75) is 26.8 Å². The van der Waals surface area contributed by atoms with Crippen LogP contribution in [0, 0.1) is 13.8 Å². The average molecular weight is 301 g/mol. The second-order valence-corrected chi connectivity index (χ2v) is 5.66. The molecule has 0 aliphatic heterocycles. The molecular weight excluding hydrogens is 284 g/mol. The van der Waals surface area contributed by atoms with E-state index in [2.05, 4.69) is 30.2 Å². The molecule has 4 heteroatoms. The molecule has 108 valence electrons. The molecular formula is C17H17ClN2O. The fourth-order valence-electron chi connectivity index (χ4n) is 2.56. The molecule has 2 heterocycles. The molecule has 0 aliphatic carbocycles. The third-order valence-electron chi connectivity index (χ3n) is 3.62. The number of pyridine rings is 1. The molecule has 2 aromatic heterocycles. The zero-order valence-corrected chi connectivity index (χ0v) is 13.0. The van der Waals surface area contributed by atoms with Crippen molar-refractivity contribution in [1.82, 2.24) is 4.98 Å². The Hall–Kier alpha value is -2.00. The Kier molecular flexibility index (Phi) is 3.60. The molecule has 0 aliphatic rings. The quantitative estimate of drug-likeness (QED) is 0.669. The molecule has 1 unspecified atom stereocenters. The molecule has 0 saturated heterocycles. The highest BCUT2D eigenvalue weighted by Gasteiger charge is 2.17. The average Bonchev–Trinajstić information content (AvgIpc) is 2.81. The summed E-state index contributed by atoms with van der Waals surface area (Å²) >= 11 is 6.14. The highest BCUT2D eigenvalue weighted by Crippen LogP contribution is 2.32. The van der Waals surface area contributed by atoms with Crippen LogP contribution >= 0.6 is 11.6 Å². The Morgan fingerprint density at radius 2 is 2.00 bits per heavy atom. The van der Waals surface area contributed by atoms with Gasteiger partial charge in [-0.25, -0.2) is 4.98 Å². The van der Waals surface area contributed by atoms with Crippen LogP contribution < -0.4 is 5.32 Å². The highest BCUT2D eigenvalue weighted by atomic mass is 35.5. The van der Waals surface area contributed by atoms with Crippen molar-refractivity contribution < 1.29 is 4.42 Å². The van der Waals surface area contributed by atoms with Crippen LogP contribution in [0.25, 0.3) is 11.0 Å². The van der Waals surface area contributed by atoms with Crippen LogP contribution in [0.2, 0.25) is 5.15 Å². The number of nitrogens with zero attached hydrogens (tertiary/aromatic N) is 1. The maximum atomic E-state index is 6.14. The lowest BCUT2D eigenvalue weighted by molar-refractivity contribution is 0.522. The van der Waals surface area contributed by atoms with Crippen LogP contribution in [0.3, 0.4) is 0 Å². The smallest absolute Gasteiger partial charge is 0.152 e. The summed E-state index contributed by atoms with van der Waals surface area (Å²) in [5.74, 6) is 0.925. The number of furan rings is 1. The van der Waals surface area contributed by atoms with Crippen LogP contribution in [-0.2, 0) is 0 Å². The predicted molar refractivity (Wildman–Crippen MR) is 87.0 cm³/mol. The highest BCUT2D eigenvalue weighted by molar-refractivity contribution is 6.32. The van der Waals surface area contributed by atoms with Gasteiger partial charge in [0.05, 0.1) is 11.7 Å². The molecule has 21 heavy (non-hydrogen) atoms. The summed E-state index contributed by atoms with van der Waals surface area (Å²) < 4.78 is 5.98. The van der Waals surface area contributed by atoms with Crippen molar-refractivity contribution in [3.8, 4) is 0 Å². The summed E-state index contributed by atoms with van der Waals surface area (Å²) in [6, 6.07) is 10.1. The Morgan fingerprint density at radius 3 is 2.76 bits per heavy atom. The third kappa shape index (κ3) is 2.61. The van der Waals surface area contributed by atoms with Gasteiger partial charge in [-0.15, -0.1) is 0 Å². The zero-order chi connectivity index (χ0) is 15.0. The monoisotopic (exact) mass is 300 g/mol. The van der Waals surface area contributed by atoms with E-state index in [1.165, 1.54) is 0 Å². The number of rotatable bonds is 3. The van der Waals surface area contributed by atoms with Crippen molar-refractivity contribution in [2.24, 2.45) is 0 Å². The lowest BCUT2D eigenvalue weighted by Crippen LogP contribution is -2.08. The minimum absolute atomic E-state index is 0.0125. The Labute approximate surface area is 128 Å². The Bertz CT molecular complexity index is 795. The number of hydrogen-bond acceptors (Lipinski definition) is 3. The van der Waals surface area contributed by atoms with Gasteiger partial charge >= 0.3 is 0 Å². The van der Waals surface area contributed by atoms with Crippen LogP contribution in [0.4, 0.5) is 5.69 Å². The number of anilines is 1. The number of fused-ring (bicyclic) bond motifs is 1. The van der Waals surface area contributed by atoms with Crippen LogP contribution in [0.1, 0.15) is 29.9 Å². The van der Waals surface area contributed by atoms with Gasteiger partial charge in [0, 0.05) is 17.1 Å². The number of benzene rings is 1. The molecule has 0 spiro atoms. The number of hydrogen-bond donors (Lipinski definition) is 1. The van der Waals surface area contributed by atoms with Crippen molar-refractivity contribution in [2.75, 3.05) is 5.32 Å². The van der Waals surface area contributed by atoms with E-state index in [-0.39, 0.29) is 6.04 Å². The molecule has 1 atom stereocenters. The summed E-state index contributed by atoms with van der Waals surface area (Å²) in [7, 11) is 0. The van der Waals surface area contributed by atoms with E-state index in [9.17, 15) is 0 Å². The van der Waals surface area contributed by atoms with E-state index < -0.39 is 0 Å². The summed E-state index contributed by atoms with van der Waals surface area (Å²) in [5.41, 5.74) is 3.95. The third-order valence-corrected chi connectivity index (χ3v) is 3.92. The second-order valence-electron chi connectivity index (χ2n) is 5.30. The van der Waals surface area contributed by atoms with Crippen LogP contribution in [0.15, 0.2) is 40.9 Å². The van der Waals surface area contributed by atoms with Gasteiger partial charge in [-0.1, -0.05) is 29.8 Å². The topological polar surface area (TPSA) is 38.1 Å². The number of aromatic nitrogens is 1. The fourth-order valence-corrected chi connectivity index (χ4v) is 2.72. The standard InChI is InChI=1S/C17H17ClN2O/c1-10-8-14(17(18)19-9-10)20-12(3)16-11(2)13-6-4-5-7-15(13)21-16/h4-9,12,20H,1-3H3. The van der Waals surface area contributed by atoms with Crippen LogP contribution in [0.5, 0.6) is 0 Å². The van der Waals surface area contributed by atoms with Gasteiger partial charge in [0.25, 0.3) is 0 Å². The number of aryl methyl sites for hydroxylation is 2. The first-order valence-electron chi connectivity index (χ1n) is 6.93. The largest absolute Gasteiger partial charge is 0.459 e. The van der Waals surface area contributed by atoms with E-state index in [4.69, 9.17) is 16.0 Å². The maximum absolute atomic E-state index is 6.14. The summed E-state index contributed by atoms with van der Waals surface area (Å²) in [4.78, 5) is 4.16. The Balaban J connectivity index is 1.95. The molecule has 1 aromatic carbocycles. The molecule has 0 amide bonds. The van der Waals surface area contributed by atoms with E-state index in [0.717, 1.165) is 33.5 Å². The molecule has 3 rings (SSSR count). The van der Waals surface area contributed by atoms with Crippen molar-refractivity contribution in [3.63, 3.8) is 0 Å². The van der Waals surface area contributed by atoms with E-state index in [1.54, 1.807) is 6.20 Å². The minimum Gasteiger partial charge on any atom is -0.459 e. The molecule has 0 saturated carbocycles. The zero-order valence-electron chi connectivity index (χ0n) is 12.3. The van der Waals surface area contributed by atoms with Crippen molar-refractivity contribution >= 4 is 28.3 Å². The normalized spacial score (nSPS) is 12.6. The number of halogens is 1. The van der Waals surface area contributed by atoms with Gasteiger partial charge in [-0.3, -0.25) is 0 Å². The maximum Gasteiger partial charge on any atom is 0.152 e. The molecule has 0 radical (unpaired) electrons. The van der Waals surface area contributed by atoms with E-state index in [0.29, 0.717) is 5.15 Å². The van der Waals surface area contributed by atoms with Gasteiger partial charge in [0.15, 0.2) is 5.15 Å². The van der Waals surface area contributed by atoms with Crippen molar-refractivity contribution in [3.05, 3.63) is 58.6 Å². The molecule has 0 fully saturated rings. The number of para-hydroxylation sites is 1. The van der Waals surface area contributed by atoms with Crippen molar-refractivity contribution in [1.29, 1.82) is 0 Å². The van der Waals surface area contributed by atoms with E-state index in [1.807, 2.05) is 31.2 Å². The fraction of sp³-hybridized carbons (Fsp3) is 0.235. The lowest BCUT2D eigenvalue weighted by Gasteiger charge is -2.15. The molecule has 3 nitrogen and oxygen atoms in total. The minimum atomic E-state index is 0.0125. The number of nitrogens with one attached hydrogen (secondary N) is 1.